The van der Waals surface area contributed by atoms with Crippen molar-refractivity contribution in [3.05, 3.63) is 36.0 Å². The smallest absolute Gasteiger partial charge is 0.328 e. The van der Waals surface area contributed by atoms with Gasteiger partial charge in [-0.15, -0.1) is 0 Å². The van der Waals surface area contributed by atoms with E-state index < -0.39 is 41.8 Å². The van der Waals surface area contributed by atoms with Crippen LogP contribution in [0.5, 0.6) is 0 Å². The molecular weight excluding hydrogens is 428 g/mol. The Kier molecular flexibility index (Phi) is 9.74. The van der Waals surface area contributed by atoms with E-state index in [4.69, 9.17) is 14.9 Å². The maximum absolute atomic E-state index is 13.1. The fourth-order valence-electron chi connectivity index (χ4n) is 3.16. The molecule has 178 valence electrons. The number of para-hydroxylation sites is 1. The van der Waals surface area contributed by atoms with Crippen LogP contribution in [0, 0.1) is 5.41 Å². The first-order chi connectivity index (χ1) is 15.7. The number of ether oxygens (including phenoxy) is 2. The Morgan fingerprint density at radius 2 is 1.91 bits per heavy atom. The van der Waals surface area contributed by atoms with Crippen molar-refractivity contribution in [1.82, 2.24) is 15.6 Å². The van der Waals surface area contributed by atoms with Gasteiger partial charge in [0.2, 0.25) is 11.8 Å². The molecule has 10 nitrogen and oxygen atoms in total. The lowest BCUT2D eigenvalue weighted by molar-refractivity contribution is -0.153. The number of aromatic amines is 1. The molecule has 0 bridgehead atoms. The molecule has 0 radical (unpaired) electrons. The number of carbonyl (C=O) groups is 4. The number of hydrogen-bond donors (Lipinski definition) is 4. The first-order valence-corrected chi connectivity index (χ1v) is 10.7. The van der Waals surface area contributed by atoms with E-state index in [0.29, 0.717) is 6.21 Å². The van der Waals surface area contributed by atoms with Crippen molar-refractivity contribution in [2.45, 2.75) is 51.4 Å². The van der Waals surface area contributed by atoms with Crippen LogP contribution in [-0.4, -0.2) is 66.7 Å². The second kappa shape index (κ2) is 12.5. The van der Waals surface area contributed by atoms with E-state index in [1.165, 1.54) is 7.05 Å². The maximum atomic E-state index is 13.1. The monoisotopic (exact) mass is 458 g/mol. The third-order valence-electron chi connectivity index (χ3n) is 4.86. The Balaban J connectivity index is 2.21. The van der Waals surface area contributed by atoms with Gasteiger partial charge < -0.3 is 30.5 Å². The van der Waals surface area contributed by atoms with Crippen LogP contribution in [0.3, 0.4) is 0 Å². The van der Waals surface area contributed by atoms with Crippen molar-refractivity contribution in [3.63, 3.8) is 0 Å². The van der Waals surface area contributed by atoms with Crippen molar-refractivity contribution in [1.29, 1.82) is 5.41 Å². The van der Waals surface area contributed by atoms with Gasteiger partial charge in [-0.05, 0) is 31.9 Å². The summed E-state index contributed by atoms with van der Waals surface area (Å²) >= 11 is 0. The van der Waals surface area contributed by atoms with Crippen LogP contribution in [-0.2, 0) is 35.1 Å². The molecule has 2 rings (SSSR count). The van der Waals surface area contributed by atoms with E-state index in [1.54, 1.807) is 20.0 Å². The molecule has 1 heterocycles. The highest BCUT2D eigenvalue weighted by Crippen LogP contribution is 2.20. The van der Waals surface area contributed by atoms with Crippen LogP contribution < -0.4 is 10.6 Å². The van der Waals surface area contributed by atoms with E-state index >= 15 is 0 Å². The van der Waals surface area contributed by atoms with E-state index in [2.05, 4.69) is 15.6 Å². The number of amides is 2. The van der Waals surface area contributed by atoms with E-state index in [-0.39, 0.29) is 25.9 Å². The molecule has 1 aromatic heterocycles. The first-order valence-electron chi connectivity index (χ1n) is 10.7. The molecule has 10 heteroatoms. The SMILES string of the molecule is CNC(=O)CO[C@@H](Cc1c[nH]c2ccccc12)C(=O)N[C@@H](CCC(=O)C=N)C(=O)OC(C)C. The molecule has 0 fully saturated rings. The van der Waals surface area contributed by atoms with Crippen LogP contribution in [0.25, 0.3) is 10.9 Å². The lowest BCUT2D eigenvalue weighted by Crippen LogP contribution is -2.48. The Bertz CT molecular complexity index is 1000. The predicted octanol–water partition coefficient (Wildman–Crippen LogP) is 1.28. The molecule has 0 aliphatic rings. The fourth-order valence-corrected chi connectivity index (χ4v) is 3.16. The first kappa shape index (κ1) is 25.7. The van der Waals surface area contributed by atoms with Gasteiger partial charge in [-0.2, -0.15) is 0 Å². The number of Topliss-reactive ketones (excluding diaryl/α,β-unsaturated/α-hetero) is 1. The molecule has 33 heavy (non-hydrogen) atoms. The highest BCUT2D eigenvalue weighted by molar-refractivity contribution is 6.26. The Labute approximate surface area is 191 Å². The summed E-state index contributed by atoms with van der Waals surface area (Å²) in [6, 6.07) is 6.46. The second-order valence-electron chi connectivity index (χ2n) is 7.73. The summed E-state index contributed by atoms with van der Waals surface area (Å²) in [7, 11) is 1.46. The molecule has 2 atom stereocenters. The van der Waals surface area contributed by atoms with Crippen molar-refractivity contribution >= 4 is 40.7 Å². The van der Waals surface area contributed by atoms with Crippen LogP contribution in [0.2, 0.25) is 0 Å². The van der Waals surface area contributed by atoms with Gasteiger partial charge >= 0.3 is 5.97 Å². The molecule has 1 aromatic carbocycles. The zero-order valence-electron chi connectivity index (χ0n) is 19.0. The highest BCUT2D eigenvalue weighted by atomic mass is 16.5. The Morgan fingerprint density at radius 1 is 1.18 bits per heavy atom. The zero-order chi connectivity index (χ0) is 24.4. The van der Waals surface area contributed by atoms with Crippen molar-refractivity contribution in [2.75, 3.05) is 13.7 Å². The molecular formula is C23H30N4O6. The number of fused-ring (bicyclic) bond motifs is 1. The Hall–Kier alpha value is -3.53. The number of hydrogen-bond acceptors (Lipinski definition) is 7. The molecule has 0 saturated carbocycles. The maximum Gasteiger partial charge on any atom is 0.328 e. The molecule has 2 aromatic rings. The topological polar surface area (TPSA) is 150 Å². The molecule has 0 spiro atoms. The summed E-state index contributed by atoms with van der Waals surface area (Å²) in [5.41, 5.74) is 1.70. The molecule has 0 aliphatic carbocycles. The number of rotatable bonds is 13. The number of nitrogens with one attached hydrogen (secondary N) is 4. The normalized spacial score (nSPS) is 12.7. The third kappa shape index (κ3) is 7.83. The van der Waals surface area contributed by atoms with Gasteiger partial charge in [0.15, 0.2) is 5.78 Å². The molecule has 0 saturated heterocycles. The largest absolute Gasteiger partial charge is 0.461 e. The standard InChI is InChI=1S/C23H30N4O6/c1-14(2)33-23(31)19(9-8-16(28)11-24)27-22(30)20(32-13-21(29)25-3)10-15-12-26-18-7-5-4-6-17(15)18/h4-7,11-12,14,19-20,24,26H,8-10,13H2,1-3H3,(H,25,29)(H,27,30)/t19-,20-/m0/s1. The third-order valence-corrected chi connectivity index (χ3v) is 4.86. The van der Waals surface area contributed by atoms with Crippen LogP contribution in [0.15, 0.2) is 30.5 Å². The van der Waals surface area contributed by atoms with E-state index in [0.717, 1.165) is 16.5 Å². The van der Waals surface area contributed by atoms with Gasteiger partial charge in [-0.1, -0.05) is 18.2 Å². The lowest BCUT2D eigenvalue weighted by Gasteiger charge is -2.22. The predicted molar refractivity (Wildman–Crippen MR) is 122 cm³/mol. The number of H-pyrrole nitrogens is 1. The number of esters is 1. The summed E-state index contributed by atoms with van der Waals surface area (Å²) in [4.78, 5) is 52.0. The molecule has 2 amide bonds. The number of likely N-dealkylation sites (N-methyl/N-ethyl adjacent to an activating group) is 1. The number of carbonyl (C=O) groups excluding carboxylic acids is 4. The fraction of sp³-hybridized carbons (Fsp3) is 0.435. The van der Waals surface area contributed by atoms with E-state index in [9.17, 15) is 19.2 Å². The average Bonchev–Trinajstić information content (AvgIpc) is 3.20. The minimum Gasteiger partial charge on any atom is -0.461 e. The summed E-state index contributed by atoms with van der Waals surface area (Å²) < 4.78 is 10.8. The van der Waals surface area contributed by atoms with Crippen molar-refractivity contribution < 1.29 is 28.7 Å². The van der Waals surface area contributed by atoms with E-state index in [1.807, 2.05) is 24.3 Å². The van der Waals surface area contributed by atoms with Gasteiger partial charge in [0.05, 0.1) is 12.3 Å². The molecule has 4 N–H and O–H groups in total. The van der Waals surface area contributed by atoms with Gasteiger partial charge in [0, 0.05) is 37.0 Å². The van der Waals surface area contributed by atoms with Crippen LogP contribution in [0.4, 0.5) is 0 Å². The number of ketones is 1. The quantitative estimate of drug-likeness (QED) is 0.262. The van der Waals surface area contributed by atoms with Gasteiger partial charge in [0.25, 0.3) is 0 Å². The second-order valence-corrected chi connectivity index (χ2v) is 7.73. The summed E-state index contributed by atoms with van der Waals surface area (Å²) in [6.07, 6.45) is 0.962. The summed E-state index contributed by atoms with van der Waals surface area (Å²) in [5, 5.41) is 13.0. The highest BCUT2D eigenvalue weighted by Gasteiger charge is 2.29. The molecule has 0 aliphatic heterocycles. The Morgan fingerprint density at radius 3 is 2.58 bits per heavy atom. The summed E-state index contributed by atoms with van der Waals surface area (Å²) in [5.74, 6) is -2.18. The lowest BCUT2D eigenvalue weighted by atomic mass is 10.0. The average molecular weight is 459 g/mol. The van der Waals surface area contributed by atoms with Gasteiger partial charge in [-0.3, -0.25) is 14.4 Å². The minimum absolute atomic E-state index is 0.0270. The van der Waals surface area contributed by atoms with Crippen LogP contribution >= 0.6 is 0 Å². The van der Waals surface area contributed by atoms with Crippen molar-refractivity contribution in [2.24, 2.45) is 0 Å². The van der Waals surface area contributed by atoms with Gasteiger partial charge in [-0.25, -0.2) is 4.79 Å². The molecule has 0 unspecified atom stereocenters. The number of aromatic nitrogens is 1. The van der Waals surface area contributed by atoms with Gasteiger partial charge in [0.1, 0.15) is 18.8 Å². The zero-order valence-corrected chi connectivity index (χ0v) is 19.0. The minimum atomic E-state index is -1.10. The summed E-state index contributed by atoms with van der Waals surface area (Å²) in [6.45, 7) is 3.00. The van der Waals surface area contributed by atoms with Crippen LogP contribution in [0.1, 0.15) is 32.3 Å². The van der Waals surface area contributed by atoms with Crippen molar-refractivity contribution in [3.8, 4) is 0 Å². The number of benzene rings is 1.